The molecule has 1 fully saturated rings. The molecule has 15 heavy (non-hydrogen) atoms. The maximum atomic E-state index is 5.74. The third-order valence-corrected chi connectivity index (χ3v) is 2.83. The van der Waals surface area contributed by atoms with Gasteiger partial charge in [-0.1, -0.05) is 20.3 Å². The maximum absolute atomic E-state index is 5.74. The van der Waals surface area contributed by atoms with Crippen LogP contribution in [-0.2, 0) is 9.47 Å². The van der Waals surface area contributed by atoms with Crippen LogP contribution in [0.4, 0.5) is 0 Å². The van der Waals surface area contributed by atoms with Gasteiger partial charge in [-0.05, 0) is 26.7 Å². The van der Waals surface area contributed by atoms with Gasteiger partial charge in [0.2, 0.25) is 0 Å². The van der Waals surface area contributed by atoms with Crippen LogP contribution < -0.4 is 5.32 Å². The molecule has 0 aromatic carbocycles. The second kappa shape index (κ2) is 5.83. The molecule has 1 rings (SSSR count). The summed E-state index contributed by atoms with van der Waals surface area (Å²) < 4.78 is 11.3. The first-order valence-corrected chi connectivity index (χ1v) is 6.12. The molecule has 2 atom stereocenters. The van der Waals surface area contributed by atoms with Gasteiger partial charge in [-0.2, -0.15) is 0 Å². The molecule has 90 valence electrons. The molecule has 0 spiro atoms. The minimum atomic E-state index is -0.390. The minimum Gasteiger partial charge on any atom is -0.348 e. The van der Waals surface area contributed by atoms with Gasteiger partial charge in [-0.15, -0.1) is 0 Å². The summed E-state index contributed by atoms with van der Waals surface area (Å²) in [4.78, 5) is 0. The lowest BCUT2D eigenvalue weighted by molar-refractivity contribution is -0.137. The van der Waals surface area contributed by atoms with Crippen LogP contribution in [0.25, 0.3) is 0 Å². The summed E-state index contributed by atoms with van der Waals surface area (Å²) in [5.41, 5.74) is 0. The van der Waals surface area contributed by atoms with E-state index in [1.165, 1.54) is 19.3 Å². The first-order valence-electron chi connectivity index (χ1n) is 6.12. The van der Waals surface area contributed by atoms with Crippen LogP contribution in [0.5, 0.6) is 0 Å². The van der Waals surface area contributed by atoms with Crippen molar-refractivity contribution >= 4 is 0 Å². The summed E-state index contributed by atoms with van der Waals surface area (Å²) in [6, 6.07) is 0.627. The fourth-order valence-electron chi connectivity index (χ4n) is 1.96. The van der Waals surface area contributed by atoms with Crippen LogP contribution in [-0.4, -0.2) is 31.1 Å². The molecule has 1 heterocycles. The van der Waals surface area contributed by atoms with Gasteiger partial charge in [-0.25, -0.2) is 0 Å². The zero-order valence-electron chi connectivity index (χ0n) is 10.5. The Morgan fingerprint density at radius 3 is 2.60 bits per heavy atom. The summed E-state index contributed by atoms with van der Waals surface area (Å²) in [7, 11) is 0. The maximum Gasteiger partial charge on any atom is 0.163 e. The fraction of sp³-hybridized carbons (Fsp3) is 1.00. The molecule has 0 radical (unpaired) electrons. The average Bonchev–Trinajstić information content (AvgIpc) is 2.53. The Morgan fingerprint density at radius 1 is 1.40 bits per heavy atom. The Labute approximate surface area is 93.5 Å². The molecule has 0 bridgehead atoms. The van der Waals surface area contributed by atoms with E-state index in [0.717, 1.165) is 6.54 Å². The highest BCUT2D eigenvalue weighted by atomic mass is 16.7. The van der Waals surface area contributed by atoms with Crippen molar-refractivity contribution in [3.8, 4) is 0 Å². The summed E-state index contributed by atoms with van der Waals surface area (Å²) >= 11 is 0. The normalized spacial score (nSPS) is 26.8. The Bertz CT molecular complexity index is 182. The second-order valence-corrected chi connectivity index (χ2v) is 4.75. The van der Waals surface area contributed by atoms with E-state index in [-0.39, 0.29) is 6.10 Å². The van der Waals surface area contributed by atoms with Crippen LogP contribution in [0.2, 0.25) is 0 Å². The van der Waals surface area contributed by atoms with Crippen LogP contribution in [0.15, 0.2) is 0 Å². The SMILES string of the molecule is CCCC(CC)NCC1COC(C)(C)O1. The van der Waals surface area contributed by atoms with Crippen molar-refractivity contribution in [1.29, 1.82) is 0 Å². The van der Waals surface area contributed by atoms with E-state index in [1.54, 1.807) is 0 Å². The van der Waals surface area contributed by atoms with Crippen molar-refractivity contribution in [3.05, 3.63) is 0 Å². The van der Waals surface area contributed by atoms with Gasteiger partial charge in [0.05, 0.1) is 12.7 Å². The van der Waals surface area contributed by atoms with Crippen LogP contribution in [0.3, 0.4) is 0 Å². The lowest BCUT2D eigenvalue weighted by atomic mass is 10.1. The number of rotatable bonds is 6. The largest absolute Gasteiger partial charge is 0.348 e. The first-order chi connectivity index (χ1) is 7.07. The molecule has 0 aliphatic carbocycles. The van der Waals surface area contributed by atoms with E-state index in [2.05, 4.69) is 19.2 Å². The molecular weight excluding hydrogens is 190 g/mol. The molecule has 3 nitrogen and oxygen atoms in total. The van der Waals surface area contributed by atoms with Crippen molar-refractivity contribution in [1.82, 2.24) is 5.32 Å². The summed E-state index contributed by atoms with van der Waals surface area (Å²) in [5.74, 6) is -0.390. The van der Waals surface area contributed by atoms with Crippen molar-refractivity contribution in [2.24, 2.45) is 0 Å². The quantitative estimate of drug-likeness (QED) is 0.737. The van der Waals surface area contributed by atoms with Gasteiger partial charge in [0.1, 0.15) is 0 Å². The lowest BCUT2D eigenvalue weighted by Crippen LogP contribution is -2.36. The Balaban J connectivity index is 2.19. The van der Waals surface area contributed by atoms with Gasteiger partial charge in [-0.3, -0.25) is 0 Å². The Hall–Kier alpha value is -0.120. The number of nitrogens with one attached hydrogen (secondary N) is 1. The predicted octanol–water partition coefficient (Wildman–Crippen LogP) is 2.31. The standard InChI is InChI=1S/C12H25NO2/c1-5-7-10(6-2)13-8-11-9-14-12(3,4)15-11/h10-11,13H,5-9H2,1-4H3. The molecule has 1 N–H and O–H groups in total. The number of ether oxygens (including phenoxy) is 2. The Morgan fingerprint density at radius 2 is 2.13 bits per heavy atom. The Kier molecular flexibility index (Phi) is 5.03. The highest BCUT2D eigenvalue weighted by molar-refractivity contribution is 4.75. The third-order valence-electron chi connectivity index (χ3n) is 2.83. The molecule has 3 heteroatoms. The smallest absolute Gasteiger partial charge is 0.163 e. The predicted molar refractivity (Wildman–Crippen MR) is 61.9 cm³/mol. The number of hydrogen-bond donors (Lipinski definition) is 1. The fourth-order valence-corrected chi connectivity index (χ4v) is 1.96. The highest BCUT2D eigenvalue weighted by Gasteiger charge is 2.32. The van der Waals surface area contributed by atoms with E-state index in [0.29, 0.717) is 12.6 Å². The topological polar surface area (TPSA) is 30.5 Å². The molecule has 1 aliphatic rings. The minimum absolute atomic E-state index is 0.214. The highest BCUT2D eigenvalue weighted by Crippen LogP contribution is 2.21. The molecule has 0 amide bonds. The lowest BCUT2D eigenvalue weighted by Gasteiger charge is -2.20. The molecule has 0 aromatic heterocycles. The molecule has 1 saturated heterocycles. The van der Waals surface area contributed by atoms with Crippen LogP contribution in [0.1, 0.15) is 47.0 Å². The van der Waals surface area contributed by atoms with Gasteiger partial charge in [0.25, 0.3) is 0 Å². The molecular formula is C12H25NO2. The molecule has 0 saturated carbocycles. The molecule has 0 aromatic rings. The third kappa shape index (κ3) is 4.49. The molecule has 2 unspecified atom stereocenters. The van der Waals surface area contributed by atoms with E-state index >= 15 is 0 Å². The zero-order valence-corrected chi connectivity index (χ0v) is 10.5. The van der Waals surface area contributed by atoms with Crippen molar-refractivity contribution < 1.29 is 9.47 Å². The van der Waals surface area contributed by atoms with Crippen LogP contribution in [0, 0.1) is 0 Å². The van der Waals surface area contributed by atoms with Crippen molar-refractivity contribution in [2.75, 3.05) is 13.2 Å². The van der Waals surface area contributed by atoms with Crippen LogP contribution >= 0.6 is 0 Å². The first kappa shape index (κ1) is 12.9. The average molecular weight is 215 g/mol. The van der Waals surface area contributed by atoms with E-state index in [1.807, 2.05) is 13.8 Å². The van der Waals surface area contributed by atoms with E-state index in [4.69, 9.17) is 9.47 Å². The van der Waals surface area contributed by atoms with E-state index < -0.39 is 5.79 Å². The monoisotopic (exact) mass is 215 g/mol. The van der Waals surface area contributed by atoms with Gasteiger partial charge in [0, 0.05) is 12.6 Å². The molecule has 1 aliphatic heterocycles. The van der Waals surface area contributed by atoms with Crippen molar-refractivity contribution in [2.45, 2.75) is 64.9 Å². The van der Waals surface area contributed by atoms with Crippen molar-refractivity contribution in [3.63, 3.8) is 0 Å². The van der Waals surface area contributed by atoms with E-state index in [9.17, 15) is 0 Å². The number of hydrogen-bond acceptors (Lipinski definition) is 3. The second-order valence-electron chi connectivity index (χ2n) is 4.75. The summed E-state index contributed by atoms with van der Waals surface area (Å²) in [6.45, 7) is 10.0. The summed E-state index contributed by atoms with van der Waals surface area (Å²) in [5, 5.41) is 3.55. The van der Waals surface area contributed by atoms with Gasteiger partial charge < -0.3 is 14.8 Å². The van der Waals surface area contributed by atoms with Gasteiger partial charge in [0.15, 0.2) is 5.79 Å². The summed E-state index contributed by atoms with van der Waals surface area (Å²) in [6.07, 6.45) is 3.88. The van der Waals surface area contributed by atoms with Gasteiger partial charge >= 0.3 is 0 Å². The zero-order chi connectivity index (χ0) is 11.3.